The highest BCUT2D eigenvalue weighted by Gasteiger charge is 2.44. The number of ether oxygens (including phenoxy) is 2. The maximum absolute atomic E-state index is 12.5. The molecule has 1 amide bonds. The summed E-state index contributed by atoms with van der Waals surface area (Å²) in [6.45, 7) is 0. The van der Waals surface area contributed by atoms with Crippen molar-refractivity contribution in [1.29, 1.82) is 0 Å². The van der Waals surface area contributed by atoms with Crippen molar-refractivity contribution in [3.8, 4) is 11.5 Å². The molecule has 0 spiro atoms. The van der Waals surface area contributed by atoms with Crippen molar-refractivity contribution >= 4 is 17.4 Å². The summed E-state index contributed by atoms with van der Waals surface area (Å²) in [6, 6.07) is 13.1. The van der Waals surface area contributed by atoms with Crippen molar-refractivity contribution in [1.82, 2.24) is 4.90 Å². The third-order valence-corrected chi connectivity index (χ3v) is 4.45. The van der Waals surface area contributed by atoms with E-state index in [2.05, 4.69) is 0 Å². The molecule has 1 aliphatic rings. The van der Waals surface area contributed by atoms with Gasteiger partial charge in [0.25, 0.3) is 11.7 Å². The number of amides is 1. The summed E-state index contributed by atoms with van der Waals surface area (Å²) in [5.41, 5.74) is 1.17. The van der Waals surface area contributed by atoms with Crippen LogP contribution in [0.15, 0.2) is 54.1 Å². The highest BCUT2D eigenvalue weighted by Crippen LogP contribution is 2.40. The number of benzene rings is 2. The Morgan fingerprint density at radius 1 is 1.00 bits per heavy atom. The van der Waals surface area contributed by atoms with Crippen LogP contribution in [0.25, 0.3) is 5.76 Å². The van der Waals surface area contributed by atoms with E-state index < -0.39 is 17.7 Å². The number of carbonyl (C=O) groups is 2. The van der Waals surface area contributed by atoms with Crippen LogP contribution < -0.4 is 9.47 Å². The molecule has 0 radical (unpaired) electrons. The molecule has 6 heteroatoms. The number of Topliss-reactive ketones (excluding diaryl/α,β-unsaturated/α-hetero) is 1. The standard InChI is InChI=1S/C20H19NO5/c1-21-17(13-9-10-14(25-2)15(11-13)26-3)16(19(23)20(21)24)18(22)12-7-5-4-6-8-12/h4-11,17,22H,1-3H3. The van der Waals surface area contributed by atoms with E-state index in [4.69, 9.17) is 9.47 Å². The van der Waals surface area contributed by atoms with E-state index in [0.29, 0.717) is 22.6 Å². The van der Waals surface area contributed by atoms with Crippen molar-refractivity contribution in [3.63, 3.8) is 0 Å². The SMILES string of the molecule is COc1ccc(C2C(=C(O)c3ccccc3)C(=O)C(=O)N2C)cc1OC. The molecular weight excluding hydrogens is 334 g/mol. The molecule has 0 aliphatic carbocycles. The van der Waals surface area contributed by atoms with Crippen LogP contribution in [-0.4, -0.2) is 43.0 Å². The van der Waals surface area contributed by atoms with Crippen molar-refractivity contribution in [2.45, 2.75) is 6.04 Å². The second-order valence-corrected chi connectivity index (χ2v) is 5.89. The molecule has 1 N–H and O–H groups in total. The van der Waals surface area contributed by atoms with Gasteiger partial charge in [0.15, 0.2) is 11.5 Å². The minimum atomic E-state index is -0.714. The van der Waals surface area contributed by atoms with E-state index >= 15 is 0 Å². The van der Waals surface area contributed by atoms with Gasteiger partial charge in [-0.05, 0) is 17.7 Å². The Morgan fingerprint density at radius 3 is 2.27 bits per heavy atom. The van der Waals surface area contributed by atoms with Gasteiger partial charge in [-0.15, -0.1) is 0 Å². The zero-order valence-corrected chi connectivity index (χ0v) is 14.7. The molecule has 2 aromatic rings. The molecule has 134 valence electrons. The van der Waals surface area contributed by atoms with Gasteiger partial charge in [-0.1, -0.05) is 36.4 Å². The molecule has 3 rings (SSSR count). The number of likely N-dealkylation sites (N-methyl/N-ethyl adjacent to an activating group) is 1. The van der Waals surface area contributed by atoms with Crippen LogP contribution in [0.1, 0.15) is 17.2 Å². The van der Waals surface area contributed by atoms with Gasteiger partial charge < -0.3 is 19.5 Å². The predicted molar refractivity (Wildman–Crippen MR) is 96.1 cm³/mol. The minimum Gasteiger partial charge on any atom is -0.507 e. The van der Waals surface area contributed by atoms with E-state index in [1.54, 1.807) is 48.5 Å². The van der Waals surface area contributed by atoms with E-state index in [1.807, 2.05) is 0 Å². The van der Waals surface area contributed by atoms with Crippen LogP contribution in [0, 0.1) is 0 Å². The van der Waals surface area contributed by atoms with Gasteiger partial charge in [0.05, 0.1) is 25.8 Å². The molecule has 6 nitrogen and oxygen atoms in total. The van der Waals surface area contributed by atoms with E-state index in [0.717, 1.165) is 0 Å². The van der Waals surface area contributed by atoms with Crippen LogP contribution in [0.2, 0.25) is 0 Å². The first kappa shape index (κ1) is 17.5. The van der Waals surface area contributed by atoms with Crippen molar-refractivity contribution in [2.75, 3.05) is 21.3 Å². The molecular formula is C20H19NO5. The van der Waals surface area contributed by atoms with Gasteiger partial charge in [0.1, 0.15) is 5.76 Å². The number of aliphatic hydroxyl groups is 1. The first-order valence-electron chi connectivity index (χ1n) is 8.01. The molecule has 1 aliphatic heterocycles. The normalized spacial score (nSPS) is 18.9. The Bertz CT molecular complexity index is 888. The number of methoxy groups -OCH3 is 2. The van der Waals surface area contributed by atoms with Crippen molar-refractivity contribution in [3.05, 3.63) is 65.2 Å². The number of hydrogen-bond donors (Lipinski definition) is 1. The second kappa shape index (κ2) is 6.92. The fourth-order valence-electron chi connectivity index (χ4n) is 3.11. The fourth-order valence-corrected chi connectivity index (χ4v) is 3.11. The number of rotatable bonds is 4. The number of nitrogens with zero attached hydrogens (tertiary/aromatic N) is 1. The quantitative estimate of drug-likeness (QED) is 0.520. The maximum Gasteiger partial charge on any atom is 0.295 e. The number of carbonyl (C=O) groups excluding carboxylic acids is 2. The number of hydrogen-bond acceptors (Lipinski definition) is 5. The zero-order chi connectivity index (χ0) is 18.8. The van der Waals surface area contributed by atoms with Crippen LogP contribution in [-0.2, 0) is 9.59 Å². The van der Waals surface area contributed by atoms with Gasteiger partial charge in [-0.2, -0.15) is 0 Å². The lowest BCUT2D eigenvalue weighted by Gasteiger charge is -2.22. The number of aliphatic hydroxyl groups excluding tert-OH is 1. The summed E-state index contributed by atoms with van der Waals surface area (Å²) >= 11 is 0. The molecule has 2 aromatic carbocycles. The molecule has 1 saturated heterocycles. The highest BCUT2D eigenvalue weighted by molar-refractivity contribution is 6.46. The first-order chi connectivity index (χ1) is 12.5. The Labute approximate surface area is 151 Å². The topological polar surface area (TPSA) is 76.1 Å². The Kier molecular flexibility index (Phi) is 4.67. The van der Waals surface area contributed by atoms with Gasteiger partial charge in [-0.3, -0.25) is 9.59 Å². The van der Waals surface area contributed by atoms with Crippen molar-refractivity contribution in [2.24, 2.45) is 0 Å². The highest BCUT2D eigenvalue weighted by atomic mass is 16.5. The van der Waals surface area contributed by atoms with E-state index in [9.17, 15) is 14.7 Å². The lowest BCUT2D eigenvalue weighted by atomic mass is 9.95. The molecule has 26 heavy (non-hydrogen) atoms. The molecule has 1 fully saturated rings. The van der Waals surface area contributed by atoms with Gasteiger partial charge in [0.2, 0.25) is 0 Å². The minimum absolute atomic E-state index is 0.0518. The Balaban J connectivity index is 2.17. The molecule has 0 bridgehead atoms. The number of likely N-dealkylation sites (tertiary alicyclic amines) is 1. The van der Waals surface area contributed by atoms with Gasteiger partial charge >= 0.3 is 0 Å². The van der Waals surface area contributed by atoms with Crippen LogP contribution in [0.3, 0.4) is 0 Å². The van der Waals surface area contributed by atoms with E-state index in [-0.39, 0.29) is 11.3 Å². The smallest absolute Gasteiger partial charge is 0.295 e. The van der Waals surface area contributed by atoms with Crippen LogP contribution >= 0.6 is 0 Å². The lowest BCUT2D eigenvalue weighted by molar-refractivity contribution is -0.139. The third kappa shape index (κ3) is 2.79. The predicted octanol–water partition coefficient (Wildman–Crippen LogP) is 2.76. The van der Waals surface area contributed by atoms with Gasteiger partial charge in [0, 0.05) is 12.6 Å². The zero-order valence-electron chi connectivity index (χ0n) is 14.7. The average Bonchev–Trinajstić information content (AvgIpc) is 2.91. The third-order valence-electron chi connectivity index (χ3n) is 4.45. The summed E-state index contributed by atoms with van der Waals surface area (Å²) in [5, 5.41) is 10.7. The average molecular weight is 353 g/mol. The monoisotopic (exact) mass is 353 g/mol. The lowest BCUT2D eigenvalue weighted by Crippen LogP contribution is -2.24. The molecule has 1 unspecified atom stereocenters. The largest absolute Gasteiger partial charge is 0.507 e. The Morgan fingerprint density at radius 2 is 1.65 bits per heavy atom. The number of ketones is 1. The molecule has 1 heterocycles. The van der Waals surface area contributed by atoms with E-state index in [1.165, 1.54) is 26.2 Å². The summed E-state index contributed by atoms with van der Waals surface area (Å²) in [5.74, 6) is -0.569. The summed E-state index contributed by atoms with van der Waals surface area (Å²) in [4.78, 5) is 26.1. The molecule has 0 saturated carbocycles. The fraction of sp³-hybridized carbons (Fsp3) is 0.200. The summed E-state index contributed by atoms with van der Waals surface area (Å²) in [6.07, 6.45) is 0. The maximum atomic E-state index is 12.5. The van der Waals surface area contributed by atoms with Crippen LogP contribution in [0.5, 0.6) is 11.5 Å². The molecule has 1 atom stereocenters. The molecule has 0 aromatic heterocycles. The van der Waals surface area contributed by atoms with Crippen LogP contribution in [0.4, 0.5) is 0 Å². The summed E-state index contributed by atoms with van der Waals surface area (Å²) in [7, 11) is 4.57. The Hall–Kier alpha value is -3.28. The van der Waals surface area contributed by atoms with Gasteiger partial charge in [-0.25, -0.2) is 0 Å². The second-order valence-electron chi connectivity index (χ2n) is 5.89. The van der Waals surface area contributed by atoms with Crippen molar-refractivity contribution < 1.29 is 24.2 Å². The summed E-state index contributed by atoms with van der Waals surface area (Å²) < 4.78 is 10.5. The first-order valence-corrected chi connectivity index (χ1v) is 8.01.